The zero-order valence-corrected chi connectivity index (χ0v) is 22.2. The largest absolute Gasteiger partial charge is 0.497 e. The van der Waals surface area contributed by atoms with Gasteiger partial charge in [-0.1, -0.05) is 31.2 Å². The standard InChI is InChI=1S/C29H36N2O7/c1-4-19(18-32)31-24-26(34)30(20-10-12-21(36-3)13-11-20)16-9-15-29(24)22(25(31)33)23-27(35)37-17-8-6-5-7-14-28(23,2)38-29/h7,9-15,19,22-24,32H,4-6,8,16-18H2,1-3H3/b14-7-/t19-,22-,23+,24?,28-,29-/m0/s1. The summed E-state index contributed by atoms with van der Waals surface area (Å²) in [5, 5.41) is 10.2. The Morgan fingerprint density at radius 2 is 1.84 bits per heavy atom. The van der Waals surface area contributed by atoms with E-state index in [0.29, 0.717) is 17.9 Å². The van der Waals surface area contributed by atoms with Crippen molar-refractivity contribution < 1.29 is 33.7 Å². The third-order valence-electron chi connectivity index (χ3n) is 8.40. The molecule has 1 unspecified atom stereocenters. The molecule has 38 heavy (non-hydrogen) atoms. The number of hydrogen-bond acceptors (Lipinski definition) is 7. The molecule has 1 aromatic rings. The second-order valence-corrected chi connectivity index (χ2v) is 10.6. The molecule has 9 nitrogen and oxygen atoms in total. The van der Waals surface area contributed by atoms with Crippen LogP contribution in [0.15, 0.2) is 48.6 Å². The van der Waals surface area contributed by atoms with Crippen molar-refractivity contribution in [3.05, 3.63) is 48.6 Å². The van der Waals surface area contributed by atoms with Crippen molar-refractivity contribution in [2.24, 2.45) is 11.8 Å². The number of rotatable bonds is 5. The summed E-state index contributed by atoms with van der Waals surface area (Å²) in [6.07, 6.45) is 10.3. The molecular weight excluding hydrogens is 488 g/mol. The maximum atomic E-state index is 14.4. The van der Waals surface area contributed by atoms with Crippen molar-refractivity contribution in [1.29, 1.82) is 0 Å². The van der Waals surface area contributed by atoms with E-state index in [4.69, 9.17) is 14.2 Å². The molecule has 0 aliphatic carbocycles. The van der Waals surface area contributed by atoms with Crippen LogP contribution in [-0.2, 0) is 23.9 Å². The van der Waals surface area contributed by atoms with Gasteiger partial charge in [-0.2, -0.15) is 0 Å². The van der Waals surface area contributed by atoms with Gasteiger partial charge in [-0.3, -0.25) is 14.4 Å². The molecule has 2 fully saturated rings. The maximum Gasteiger partial charge on any atom is 0.313 e. The molecule has 4 heterocycles. The molecule has 0 radical (unpaired) electrons. The first kappa shape index (κ1) is 26.4. The molecule has 1 N–H and O–H groups in total. The Morgan fingerprint density at radius 3 is 2.53 bits per heavy atom. The number of likely N-dealkylation sites (tertiary alicyclic amines) is 1. The quantitative estimate of drug-likeness (QED) is 0.466. The van der Waals surface area contributed by atoms with Crippen LogP contribution in [-0.4, -0.2) is 77.9 Å². The molecule has 0 saturated carbocycles. The summed E-state index contributed by atoms with van der Waals surface area (Å²) >= 11 is 0. The van der Waals surface area contributed by atoms with E-state index in [-0.39, 0.29) is 31.6 Å². The third-order valence-corrected chi connectivity index (χ3v) is 8.40. The number of nitrogens with zero attached hydrogens (tertiary/aromatic N) is 2. The van der Waals surface area contributed by atoms with Crippen molar-refractivity contribution in [2.45, 2.75) is 62.8 Å². The number of esters is 1. The summed E-state index contributed by atoms with van der Waals surface area (Å²) in [6.45, 7) is 3.88. The number of aliphatic hydroxyl groups excluding tert-OH is 1. The second-order valence-electron chi connectivity index (χ2n) is 10.6. The summed E-state index contributed by atoms with van der Waals surface area (Å²) in [7, 11) is 1.58. The van der Waals surface area contributed by atoms with Crippen molar-refractivity contribution in [3.63, 3.8) is 0 Å². The lowest BCUT2D eigenvalue weighted by Crippen LogP contribution is -2.58. The molecule has 0 bridgehead atoms. The van der Waals surface area contributed by atoms with E-state index >= 15 is 0 Å². The smallest absolute Gasteiger partial charge is 0.313 e. The first-order valence-corrected chi connectivity index (χ1v) is 13.4. The molecule has 4 aliphatic rings. The average Bonchev–Trinajstić information content (AvgIpc) is 3.25. The minimum atomic E-state index is -1.39. The third kappa shape index (κ3) is 4.03. The number of ether oxygens (including phenoxy) is 3. The Labute approximate surface area is 223 Å². The summed E-state index contributed by atoms with van der Waals surface area (Å²) < 4.78 is 17.7. The van der Waals surface area contributed by atoms with Gasteiger partial charge in [-0.15, -0.1) is 0 Å². The van der Waals surface area contributed by atoms with E-state index in [1.165, 1.54) is 4.90 Å². The second kappa shape index (κ2) is 10.2. The van der Waals surface area contributed by atoms with Gasteiger partial charge >= 0.3 is 5.97 Å². The Balaban J connectivity index is 1.65. The van der Waals surface area contributed by atoms with E-state index in [9.17, 15) is 19.5 Å². The van der Waals surface area contributed by atoms with Gasteiger partial charge in [-0.25, -0.2) is 0 Å². The number of aliphatic hydroxyl groups is 1. The van der Waals surface area contributed by atoms with Crippen LogP contribution in [0.3, 0.4) is 0 Å². The Bertz CT molecular complexity index is 1140. The lowest BCUT2D eigenvalue weighted by molar-refractivity contribution is -0.160. The van der Waals surface area contributed by atoms with Crippen LogP contribution in [0.2, 0.25) is 0 Å². The molecule has 204 valence electrons. The number of amides is 2. The lowest BCUT2D eigenvalue weighted by Gasteiger charge is -2.40. The molecule has 0 aromatic heterocycles. The molecule has 2 saturated heterocycles. The molecule has 1 spiro atoms. The number of anilines is 1. The highest BCUT2D eigenvalue weighted by molar-refractivity contribution is 6.05. The highest BCUT2D eigenvalue weighted by atomic mass is 16.6. The zero-order chi connectivity index (χ0) is 27.1. The average molecular weight is 525 g/mol. The maximum absolute atomic E-state index is 14.4. The van der Waals surface area contributed by atoms with Crippen LogP contribution in [0.4, 0.5) is 5.69 Å². The highest BCUT2D eigenvalue weighted by Crippen LogP contribution is 2.57. The van der Waals surface area contributed by atoms with Gasteiger partial charge in [0.15, 0.2) is 0 Å². The molecule has 4 aliphatic heterocycles. The van der Waals surface area contributed by atoms with Gasteiger partial charge in [0.25, 0.3) is 5.91 Å². The predicted octanol–water partition coefficient (Wildman–Crippen LogP) is 2.62. The van der Waals surface area contributed by atoms with Crippen molar-refractivity contribution in [2.75, 3.05) is 31.8 Å². The number of benzene rings is 1. The molecular formula is C29H36N2O7. The van der Waals surface area contributed by atoms with Gasteiger partial charge < -0.3 is 29.1 Å². The Kier molecular flexibility index (Phi) is 7.09. The summed E-state index contributed by atoms with van der Waals surface area (Å²) in [5.74, 6) is -2.44. The van der Waals surface area contributed by atoms with Crippen molar-refractivity contribution in [1.82, 2.24) is 4.90 Å². The minimum absolute atomic E-state index is 0.263. The molecule has 9 heteroatoms. The number of carbonyl (C=O) groups excluding carboxylic acids is 3. The van der Waals surface area contributed by atoms with E-state index in [0.717, 1.165) is 19.3 Å². The lowest BCUT2D eigenvalue weighted by atomic mass is 9.74. The number of cyclic esters (lactones) is 1. The molecule has 6 atom stereocenters. The number of allylic oxidation sites excluding steroid dienone is 1. The van der Waals surface area contributed by atoms with Gasteiger partial charge in [0, 0.05) is 12.2 Å². The summed E-state index contributed by atoms with van der Waals surface area (Å²) in [4.78, 5) is 45.3. The Morgan fingerprint density at radius 1 is 1.08 bits per heavy atom. The highest BCUT2D eigenvalue weighted by Gasteiger charge is 2.75. The topological polar surface area (TPSA) is 106 Å². The van der Waals surface area contributed by atoms with Crippen LogP contribution >= 0.6 is 0 Å². The SMILES string of the molecule is CC[C@@H](CO)N1C(=O)[C@@H]2[C@@H]3C(=O)OCCCC/C=C\[C@]3(C)O[C@@]23C=CCN(c2ccc(OC)cc2)C(=O)C13. The van der Waals surface area contributed by atoms with E-state index < -0.39 is 41.1 Å². The number of fused-ring (bicyclic) bond motifs is 2. The first-order chi connectivity index (χ1) is 18.3. The van der Waals surface area contributed by atoms with E-state index in [1.54, 1.807) is 49.3 Å². The fraction of sp³-hybridized carbons (Fsp3) is 0.552. The summed E-state index contributed by atoms with van der Waals surface area (Å²) in [6, 6.07) is 5.47. The number of methoxy groups -OCH3 is 1. The zero-order valence-electron chi connectivity index (χ0n) is 22.2. The molecule has 5 rings (SSSR count). The van der Waals surface area contributed by atoms with Crippen molar-refractivity contribution in [3.8, 4) is 5.75 Å². The van der Waals surface area contributed by atoms with Crippen LogP contribution < -0.4 is 9.64 Å². The monoisotopic (exact) mass is 524 g/mol. The fourth-order valence-corrected chi connectivity index (χ4v) is 6.54. The molecule has 1 aromatic carbocycles. The molecule has 2 amide bonds. The van der Waals surface area contributed by atoms with Crippen LogP contribution in [0.25, 0.3) is 0 Å². The normalized spacial score (nSPS) is 34.6. The van der Waals surface area contributed by atoms with E-state index in [1.807, 2.05) is 25.2 Å². The van der Waals surface area contributed by atoms with Gasteiger partial charge in [0.2, 0.25) is 5.91 Å². The number of hydrogen-bond donors (Lipinski definition) is 1. The predicted molar refractivity (Wildman–Crippen MR) is 139 cm³/mol. The first-order valence-electron chi connectivity index (χ1n) is 13.4. The Hall–Kier alpha value is -3.17. The van der Waals surface area contributed by atoms with Gasteiger partial charge in [0.05, 0.1) is 37.9 Å². The van der Waals surface area contributed by atoms with Gasteiger partial charge in [0.1, 0.15) is 23.3 Å². The van der Waals surface area contributed by atoms with Crippen LogP contribution in [0, 0.1) is 11.8 Å². The van der Waals surface area contributed by atoms with Crippen molar-refractivity contribution >= 4 is 23.5 Å². The van der Waals surface area contributed by atoms with Crippen LogP contribution in [0.5, 0.6) is 5.75 Å². The van der Waals surface area contributed by atoms with E-state index in [2.05, 4.69) is 0 Å². The number of carbonyl (C=O) groups is 3. The van der Waals surface area contributed by atoms with Crippen LogP contribution in [0.1, 0.15) is 39.5 Å². The summed E-state index contributed by atoms with van der Waals surface area (Å²) in [5.41, 5.74) is -1.89. The minimum Gasteiger partial charge on any atom is -0.497 e. The van der Waals surface area contributed by atoms with Gasteiger partial charge in [-0.05, 0) is 56.9 Å². The fourth-order valence-electron chi connectivity index (χ4n) is 6.54.